The third-order valence-corrected chi connectivity index (χ3v) is 16.5. The van der Waals surface area contributed by atoms with Gasteiger partial charge in [0.25, 0.3) is 0 Å². The average Bonchev–Trinajstić information content (AvgIpc) is 3.56. The third kappa shape index (κ3) is 66.7. The number of hydrogen-bond acceptors (Lipinski definition) is 5. The number of phosphoric ester groups is 1. The Balaban J connectivity index is 4.07. The zero-order chi connectivity index (χ0) is 61.2. The standard InChI is InChI=1S/C75H135N2O6P/c1-6-8-10-12-14-16-18-20-22-24-26-28-30-31-32-33-34-35-36-37-38-39-40-41-42-43-44-45-47-49-51-53-55-57-59-61-63-65-67-69-75(79)76-73(72-83-84(80,81)82-71-70-77(3,4)5)74(78)68-66-64-62-60-58-56-54-52-50-48-46-29-27-25-23-21-19-17-15-13-11-9-7-2/h8,10,14,16,20,22,26,28,31-32,34-35,37-38,40-41,43-44,73-74,78H,6-7,9,11-13,15,17-19,21,23-25,27,29-30,33,36,39,42,45-72H2,1-5H3,(H-,76,79,80,81)/p+1/b10-8-,16-14-,22-20-,28-26-,32-31-,35-34-,38-37-,41-40-,44-43-. The molecule has 0 fully saturated rings. The van der Waals surface area contributed by atoms with E-state index >= 15 is 0 Å². The quantitative estimate of drug-likeness (QED) is 0.0243. The Hall–Kier alpha value is -2.84. The molecule has 84 heavy (non-hydrogen) atoms. The van der Waals surface area contributed by atoms with Crippen LogP contribution in [0.25, 0.3) is 0 Å². The van der Waals surface area contributed by atoms with Gasteiger partial charge in [-0.3, -0.25) is 13.8 Å². The Kier molecular flexibility index (Phi) is 62.4. The first-order valence-corrected chi connectivity index (χ1v) is 36.7. The summed E-state index contributed by atoms with van der Waals surface area (Å²) in [6, 6.07) is -0.770. The van der Waals surface area contributed by atoms with Gasteiger partial charge in [-0.05, 0) is 83.5 Å². The molecule has 3 unspecified atom stereocenters. The zero-order valence-corrected chi connectivity index (χ0v) is 56.5. The van der Waals surface area contributed by atoms with E-state index in [-0.39, 0.29) is 19.1 Å². The molecule has 0 heterocycles. The minimum absolute atomic E-state index is 0.0706. The van der Waals surface area contributed by atoms with E-state index in [1.54, 1.807) is 0 Å². The summed E-state index contributed by atoms with van der Waals surface area (Å²) < 4.78 is 23.9. The molecule has 8 nitrogen and oxygen atoms in total. The number of amides is 1. The Morgan fingerprint density at radius 3 is 1.05 bits per heavy atom. The van der Waals surface area contributed by atoms with E-state index < -0.39 is 20.0 Å². The molecule has 0 bridgehead atoms. The maximum absolute atomic E-state index is 13.1. The van der Waals surface area contributed by atoms with Crippen LogP contribution in [0.2, 0.25) is 0 Å². The molecule has 9 heteroatoms. The molecule has 0 rings (SSSR count). The summed E-state index contributed by atoms with van der Waals surface area (Å²) in [6.07, 6.45) is 94.7. The van der Waals surface area contributed by atoms with Crippen LogP contribution < -0.4 is 5.32 Å². The summed E-state index contributed by atoms with van der Waals surface area (Å²) in [5, 5.41) is 14.1. The van der Waals surface area contributed by atoms with E-state index in [0.717, 1.165) is 96.3 Å². The Morgan fingerprint density at radius 1 is 0.417 bits per heavy atom. The van der Waals surface area contributed by atoms with Gasteiger partial charge in [0.15, 0.2) is 0 Å². The highest BCUT2D eigenvalue weighted by molar-refractivity contribution is 7.47. The van der Waals surface area contributed by atoms with Gasteiger partial charge in [0.05, 0.1) is 39.9 Å². The van der Waals surface area contributed by atoms with Crippen molar-refractivity contribution in [3.05, 3.63) is 109 Å². The van der Waals surface area contributed by atoms with E-state index in [0.29, 0.717) is 23.9 Å². The van der Waals surface area contributed by atoms with E-state index in [1.807, 2.05) is 21.1 Å². The number of phosphoric acid groups is 1. The van der Waals surface area contributed by atoms with Crippen LogP contribution in [0, 0.1) is 0 Å². The molecule has 3 N–H and O–H groups in total. The summed E-state index contributed by atoms with van der Waals surface area (Å²) >= 11 is 0. The summed E-state index contributed by atoms with van der Waals surface area (Å²) in [4.78, 5) is 23.5. The lowest BCUT2D eigenvalue weighted by molar-refractivity contribution is -0.870. The molecule has 0 spiro atoms. The van der Waals surface area contributed by atoms with E-state index in [9.17, 15) is 19.4 Å². The lowest BCUT2D eigenvalue weighted by atomic mass is 10.0. The van der Waals surface area contributed by atoms with Gasteiger partial charge in [-0.1, -0.05) is 329 Å². The first-order chi connectivity index (χ1) is 41.0. The molecule has 0 aliphatic heterocycles. The molecule has 0 radical (unpaired) electrons. The highest BCUT2D eigenvalue weighted by Crippen LogP contribution is 2.43. The van der Waals surface area contributed by atoms with Crippen molar-refractivity contribution in [3.63, 3.8) is 0 Å². The zero-order valence-electron chi connectivity index (χ0n) is 55.6. The molecule has 1 amide bonds. The molecule has 0 saturated heterocycles. The minimum Gasteiger partial charge on any atom is -0.391 e. The van der Waals surface area contributed by atoms with Gasteiger partial charge in [0.2, 0.25) is 5.91 Å². The lowest BCUT2D eigenvalue weighted by Gasteiger charge is -2.26. The Labute approximate surface area is 521 Å². The van der Waals surface area contributed by atoms with Crippen LogP contribution in [0.1, 0.15) is 309 Å². The van der Waals surface area contributed by atoms with Gasteiger partial charge in [-0.2, -0.15) is 0 Å². The van der Waals surface area contributed by atoms with Gasteiger partial charge in [-0.25, -0.2) is 4.57 Å². The predicted octanol–water partition coefficient (Wildman–Crippen LogP) is 22.7. The number of nitrogens with one attached hydrogen (secondary N) is 1. The highest BCUT2D eigenvalue weighted by Gasteiger charge is 2.28. The number of aliphatic hydroxyl groups is 1. The molecular formula is C75H136N2O6P+. The fourth-order valence-corrected chi connectivity index (χ4v) is 10.8. The van der Waals surface area contributed by atoms with Crippen molar-refractivity contribution < 1.29 is 32.9 Å². The number of hydrogen-bond donors (Lipinski definition) is 3. The second-order valence-corrected chi connectivity index (χ2v) is 26.3. The lowest BCUT2D eigenvalue weighted by Crippen LogP contribution is -2.46. The number of unbranched alkanes of at least 4 members (excludes halogenated alkanes) is 33. The number of likely N-dealkylation sites (N-methyl/N-ethyl adjacent to an activating group) is 1. The van der Waals surface area contributed by atoms with Crippen LogP contribution in [-0.2, 0) is 18.4 Å². The largest absolute Gasteiger partial charge is 0.472 e. The Morgan fingerprint density at radius 2 is 0.714 bits per heavy atom. The van der Waals surface area contributed by atoms with Gasteiger partial charge in [0.1, 0.15) is 13.2 Å². The number of carbonyl (C=O) groups excluding carboxylic acids is 1. The molecule has 0 aromatic carbocycles. The fourth-order valence-electron chi connectivity index (χ4n) is 10.1. The molecule has 3 atom stereocenters. The first kappa shape index (κ1) is 81.2. The van der Waals surface area contributed by atoms with E-state index in [4.69, 9.17) is 9.05 Å². The highest BCUT2D eigenvalue weighted by atomic mass is 31.2. The van der Waals surface area contributed by atoms with E-state index in [1.165, 1.54) is 186 Å². The normalized spacial score (nSPS) is 14.3. The Bertz CT molecular complexity index is 1740. The van der Waals surface area contributed by atoms with Crippen molar-refractivity contribution in [2.24, 2.45) is 0 Å². The number of nitrogens with zero attached hydrogens (tertiary/aromatic N) is 1. The molecule has 0 aliphatic rings. The summed E-state index contributed by atoms with van der Waals surface area (Å²) in [5.41, 5.74) is 0. The van der Waals surface area contributed by atoms with Crippen molar-refractivity contribution in [3.8, 4) is 0 Å². The van der Waals surface area contributed by atoms with Crippen LogP contribution in [0.15, 0.2) is 109 Å². The molecular weight excluding hydrogens is 1060 g/mol. The summed E-state index contributed by atoms with van der Waals surface area (Å²) in [5.74, 6) is -0.148. The fraction of sp³-hybridized carbons (Fsp3) is 0.747. The van der Waals surface area contributed by atoms with Gasteiger partial charge in [0, 0.05) is 6.42 Å². The monoisotopic (exact) mass is 1190 g/mol. The minimum atomic E-state index is -4.34. The average molecular weight is 1190 g/mol. The van der Waals surface area contributed by atoms with Gasteiger partial charge >= 0.3 is 7.82 Å². The third-order valence-electron chi connectivity index (χ3n) is 15.5. The second-order valence-electron chi connectivity index (χ2n) is 24.9. The SMILES string of the molecule is CC/C=C\C/C=C\C/C=C\C/C=C\C/C=C\C/C=C\C/C=C\C/C=C\C/C=C\CCCCCCCCCCCCCC(=O)NC(COP(=O)(O)OCC[N+](C)(C)C)C(O)CCCCCCCCCCCCCCCCCCCCCCCCC. The summed E-state index contributed by atoms with van der Waals surface area (Å²) in [6.45, 7) is 4.80. The van der Waals surface area contributed by atoms with Gasteiger partial charge in [-0.15, -0.1) is 0 Å². The van der Waals surface area contributed by atoms with Crippen molar-refractivity contribution in [1.29, 1.82) is 0 Å². The van der Waals surface area contributed by atoms with Crippen molar-refractivity contribution in [2.45, 2.75) is 321 Å². The van der Waals surface area contributed by atoms with Crippen LogP contribution in [-0.4, -0.2) is 73.4 Å². The van der Waals surface area contributed by atoms with Crippen LogP contribution >= 0.6 is 7.82 Å². The van der Waals surface area contributed by atoms with Crippen LogP contribution in [0.3, 0.4) is 0 Å². The summed E-state index contributed by atoms with van der Waals surface area (Å²) in [7, 11) is 1.61. The van der Waals surface area contributed by atoms with Crippen molar-refractivity contribution in [2.75, 3.05) is 40.9 Å². The first-order valence-electron chi connectivity index (χ1n) is 35.3. The van der Waals surface area contributed by atoms with Crippen molar-refractivity contribution in [1.82, 2.24) is 5.32 Å². The number of quaternary nitrogens is 1. The molecule has 486 valence electrons. The smallest absolute Gasteiger partial charge is 0.391 e. The maximum atomic E-state index is 13.1. The molecule has 0 aromatic heterocycles. The van der Waals surface area contributed by atoms with Crippen LogP contribution in [0.4, 0.5) is 0 Å². The molecule has 0 aliphatic carbocycles. The number of allylic oxidation sites excluding steroid dienone is 18. The maximum Gasteiger partial charge on any atom is 0.472 e. The number of rotatable bonds is 64. The van der Waals surface area contributed by atoms with Crippen molar-refractivity contribution >= 4 is 13.7 Å². The molecule has 0 saturated carbocycles. The van der Waals surface area contributed by atoms with Crippen LogP contribution in [0.5, 0.6) is 0 Å². The predicted molar refractivity (Wildman–Crippen MR) is 369 cm³/mol. The second kappa shape index (κ2) is 64.6. The van der Waals surface area contributed by atoms with Gasteiger partial charge < -0.3 is 19.8 Å². The molecule has 0 aromatic rings. The topological polar surface area (TPSA) is 105 Å². The number of aliphatic hydroxyl groups excluding tert-OH is 1. The number of carbonyl (C=O) groups is 1. The van der Waals surface area contributed by atoms with E-state index in [2.05, 4.69) is 129 Å².